The van der Waals surface area contributed by atoms with Crippen molar-refractivity contribution in [3.8, 4) is 0 Å². The van der Waals surface area contributed by atoms with E-state index in [0.29, 0.717) is 29.1 Å². The van der Waals surface area contributed by atoms with Crippen LogP contribution in [-0.2, 0) is 14.8 Å². The average molecular weight is 433 g/mol. The van der Waals surface area contributed by atoms with Crippen molar-refractivity contribution >= 4 is 32.0 Å². The van der Waals surface area contributed by atoms with Crippen molar-refractivity contribution in [2.45, 2.75) is 45.1 Å². The lowest BCUT2D eigenvalue weighted by molar-refractivity contribution is 0.0192. The van der Waals surface area contributed by atoms with E-state index in [2.05, 4.69) is 15.9 Å². The van der Waals surface area contributed by atoms with Gasteiger partial charge in [0.1, 0.15) is 5.60 Å². The standard InChI is InChI=1S/C17H25BrN2O4S/c1-12-10-14(18)11-13(2)15(12)25(22,23)20-8-6-19(7-9-20)16(21)24-17(3,4)5/h10-11H,6-9H2,1-5H3. The summed E-state index contributed by atoms with van der Waals surface area (Å²) in [6.07, 6.45) is -0.402. The molecule has 25 heavy (non-hydrogen) atoms. The second-order valence-electron chi connectivity index (χ2n) is 7.24. The fourth-order valence-electron chi connectivity index (χ4n) is 2.87. The molecular weight excluding hydrogens is 408 g/mol. The Balaban J connectivity index is 2.14. The van der Waals surface area contributed by atoms with E-state index in [1.807, 2.05) is 20.8 Å². The Morgan fingerprint density at radius 1 is 1.08 bits per heavy atom. The number of halogens is 1. The number of carbonyl (C=O) groups is 1. The Morgan fingerprint density at radius 3 is 2.00 bits per heavy atom. The highest BCUT2D eigenvalue weighted by Crippen LogP contribution is 2.28. The molecule has 0 unspecified atom stereocenters. The molecule has 8 heteroatoms. The Labute approximate surface area is 158 Å². The lowest BCUT2D eigenvalue weighted by Crippen LogP contribution is -2.51. The van der Waals surface area contributed by atoms with Crippen molar-refractivity contribution < 1.29 is 17.9 Å². The normalized spacial score (nSPS) is 16.8. The molecule has 1 saturated heterocycles. The second-order valence-corrected chi connectivity index (χ2v) is 10.0. The first-order valence-electron chi connectivity index (χ1n) is 8.16. The van der Waals surface area contributed by atoms with Gasteiger partial charge in [0.25, 0.3) is 0 Å². The zero-order valence-electron chi connectivity index (χ0n) is 15.3. The molecule has 0 atom stereocenters. The lowest BCUT2D eigenvalue weighted by Gasteiger charge is -2.35. The maximum atomic E-state index is 13.0. The van der Waals surface area contributed by atoms with Crippen molar-refractivity contribution in [3.63, 3.8) is 0 Å². The van der Waals surface area contributed by atoms with Gasteiger partial charge in [-0.1, -0.05) is 15.9 Å². The zero-order chi connectivity index (χ0) is 19.0. The predicted molar refractivity (Wildman–Crippen MR) is 100 cm³/mol. The number of amides is 1. The molecule has 140 valence electrons. The third-order valence-corrected chi connectivity index (χ3v) is 6.58. The van der Waals surface area contributed by atoms with E-state index in [1.165, 1.54) is 4.31 Å². The van der Waals surface area contributed by atoms with Crippen LogP contribution < -0.4 is 0 Å². The molecule has 0 saturated carbocycles. The van der Waals surface area contributed by atoms with E-state index in [0.717, 1.165) is 4.47 Å². The highest BCUT2D eigenvalue weighted by molar-refractivity contribution is 9.10. The maximum absolute atomic E-state index is 13.0. The molecule has 1 heterocycles. The first-order valence-corrected chi connectivity index (χ1v) is 10.4. The highest BCUT2D eigenvalue weighted by Gasteiger charge is 2.33. The monoisotopic (exact) mass is 432 g/mol. The van der Waals surface area contributed by atoms with Gasteiger partial charge in [0.2, 0.25) is 10.0 Å². The van der Waals surface area contributed by atoms with Crippen LogP contribution in [0.5, 0.6) is 0 Å². The van der Waals surface area contributed by atoms with Crippen LogP contribution in [0.4, 0.5) is 4.79 Å². The molecule has 6 nitrogen and oxygen atoms in total. The molecular formula is C17H25BrN2O4S. The molecule has 0 radical (unpaired) electrons. The van der Waals surface area contributed by atoms with E-state index >= 15 is 0 Å². The molecule has 2 rings (SSSR count). The van der Waals surface area contributed by atoms with Crippen molar-refractivity contribution in [1.29, 1.82) is 0 Å². The Hall–Kier alpha value is -1.12. The SMILES string of the molecule is Cc1cc(Br)cc(C)c1S(=O)(=O)N1CCN(C(=O)OC(C)(C)C)CC1. The number of nitrogens with zero attached hydrogens (tertiary/aromatic N) is 2. The molecule has 0 aliphatic carbocycles. The number of carbonyl (C=O) groups excluding carboxylic acids is 1. The van der Waals surface area contributed by atoms with E-state index in [-0.39, 0.29) is 13.1 Å². The molecule has 0 aromatic heterocycles. The van der Waals surface area contributed by atoms with Crippen LogP contribution in [0.25, 0.3) is 0 Å². The van der Waals surface area contributed by atoms with E-state index in [1.54, 1.807) is 30.9 Å². The Bertz CT molecular complexity index is 740. The lowest BCUT2D eigenvalue weighted by atomic mass is 10.2. The smallest absolute Gasteiger partial charge is 0.410 e. The molecule has 1 aromatic rings. The van der Waals surface area contributed by atoms with E-state index < -0.39 is 21.7 Å². The molecule has 1 fully saturated rings. The van der Waals surface area contributed by atoms with Gasteiger partial charge in [-0.15, -0.1) is 0 Å². The Kier molecular flexibility index (Phi) is 5.85. The fourth-order valence-corrected chi connectivity index (χ4v) is 5.39. The number of hydrogen-bond donors (Lipinski definition) is 0. The third-order valence-electron chi connectivity index (χ3n) is 3.91. The van der Waals surface area contributed by atoms with Gasteiger partial charge in [-0.25, -0.2) is 13.2 Å². The van der Waals surface area contributed by atoms with Gasteiger partial charge in [-0.3, -0.25) is 0 Å². The van der Waals surface area contributed by atoms with Crippen LogP contribution in [-0.4, -0.2) is 55.5 Å². The topological polar surface area (TPSA) is 66.9 Å². The summed E-state index contributed by atoms with van der Waals surface area (Å²) in [5.41, 5.74) is 0.856. The number of rotatable bonds is 2. The summed E-state index contributed by atoms with van der Waals surface area (Å²) in [5.74, 6) is 0. The van der Waals surface area contributed by atoms with Gasteiger partial charge in [0, 0.05) is 30.7 Å². The van der Waals surface area contributed by atoms with Gasteiger partial charge in [-0.2, -0.15) is 4.31 Å². The number of ether oxygens (including phenoxy) is 1. The first kappa shape index (κ1) is 20.2. The van der Waals surface area contributed by atoms with Crippen molar-refractivity contribution in [3.05, 3.63) is 27.7 Å². The quantitative estimate of drug-likeness (QED) is 0.718. The van der Waals surface area contributed by atoms with Crippen LogP contribution in [0.1, 0.15) is 31.9 Å². The molecule has 1 aromatic carbocycles. The van der Waals surface area contributed by atoms with E-state index in [9.17, 15) is 13.2 Å². The van der Waals surface area contributed by atoms with Gasteiger partial charge >= 0.3 is 6.09 Å². The van der Waals surface area contributed by atoms with Gasteiger partial charge in [0.05, 0.1) is 4.90 Å². The third kappa shape index (κ3) is 4.74. The largest absolute Gasteiger partial charge is 0.444 e. The van der Waals surface area contributed by atoms with Crippen LogP contribution in [0.3, 0.4) is 0 Å². The number of benzene rings is 1. The minimum atomic E-state index is -3.59. The summed E-state index contributed by atoms with van der Waals surface area (Å²) >= 11 is 3.39. The summed E-state index contributed by atoms with van der Waals surface area (Å²) < 4.78 is 33.7. The average Bonchev–Trinajstić information content (AvgIpc) is 2.44. The summed E-state index contributed by atoms with van der Waals surface area (Å²) in [7, 11) is -3.59. The number of sulfonamides is 1. The van der Waals surface area contributed by atoms with Gasteiger partial charge in [0.15, 0.2) is 0 Å². The highest BCUT2D eigenvalue weighted by atomic mass is 79.9. The molecule has 0 N–H and O–H groups in total. The summed E-state index contributed by atoms with van der Waals surface area (Å²) in [6.45, 7) is 10.2. The molecule has 1 aliphatic heterocycles. The minimum absolute atomic E-state index is 0.260. The first-order chi connectivity index (χ1) is 11.4. The van der Waals surface area contributed by atoms with Gasteiger partial charge in [-0.05, 0) is 57.9 Å². The van der Waals surface area contributed by atoms with Crippen LogP contribution in [0.2, 0.25) is 0 Å². The summed E-state index contributed by atoms with van der Waals surface area (Å²) in [6, 6.07) is 3.60. The summed E-state index contributed by atoms with van der Waals surface area (Å²) in [5, 5.41) is 0. The maximum Gasteiger partial charge on any atom is 0.410 e. The number of aryl methyl sites for hydroxylation is 2. The van der Waals surface area contributed by atoms with Crippen LogP contribution in [0.15, 0.2) is 21.5 Å². The molecule has 0 bridgehead atoms. The molecule has 0 spiro atoms. The second kappa shape index (κ2) is 7.25. The van der Waals surface area contributed by atoms with Crippen molar-refractivity contribution in [1.82, 2.24) is 9.21 Å². The van der Waals surface area contributed by atoms with Crippen molar-refractivity contribution in [2.24, 2.45) is 0 Å². The van der Waals surface area contributed by atoms with Gasteiger partial charge < -0.3 is 9.64 Å². The zero-order valence-corrected chi connectivity index (χ0v) is 17.7. The Morgan fingerprint density at radius 2 is 1.56 bits per heavy atom. The summed E-state index contributed by atoms with van der Waals surface area (Å²) in [4.78, 5) is 14.0. The predicted octanol–water partition coefficient (Wildman–Crippen LogP) is 3.31. The number of piperazine rings is 1. The van der Waals surface area contributed by atoms with Crippen molar-refractivity contribution in [2.75, 3.05) is 26.2 Å². The fraction of sp³-hybridized carbons (Fsp3) is 0.588. The molecule has 1 aliphatic rings. The van der Waals surface area contributed by atoms with Crippen LogP contribution in [0, 0.1) is 13.8 Å². The van der Waals surface area contributed by atoms with Crippen LogP contribution >= 0.6 is 15.9 Å². The minimum Gasteiger partial charge on any atom is -0.444 e. The molecule has 1 amide bonds. The van der Waals surface area contributed by atoms with E-state index in [4.69, 9.17) is 4.74 Å². The number of hydrogen-bond acceptors (Lipinski definition) is 4.